The third-order valence-corrected chi connectivity index (χ3v) is 6.62. The van der Waals surface area contributed by atoms with Gasteiger partial charge in [0.25, 0.3) is 10.0 Å². The number of anilines is 1. The molecule has 0 radical (unpaired) electrons. The minimum Gasteiger partial charge on any atom is -0.368 e. The molecule has 2 aromatic heterocycles. The number of carbonyl (C=O) groups is 1. The number of aryl methyl sites for hydroxylation is 2. The molecular weight excluding hydrogens is 424 g/mol. The van der Waals surface area contributed by atoms with E-state index in [-0.39, 0.29) is 23.0 Å². The van der Waals surface area contributed by atoms with Gasteiger partial charge in [0.05, 0.1) is 26.8 Å². The highest BCUT2D eigenvalue weighted by Gasteiger charge is 2.22. The summed E-state index contributed by atoms with van der Waals surface area (Å²) >= 11 is 1.17. The van der Waals surface area contributed by atoms with Crippen LogP contribution in [0.15, 0.2) is 45.1 Å². The molecule has 7 nitrogen and oxygen atoms in total. The Morgan fingerprint density at radius 3 is 2.40 bits per heavy atom. The molecule has 0 spiro atoms. The molecule has 30 heavy (non-hydrogen) atoms. The van der Waals surface area contributed by atoms with Gasteiger partial charge in [-0.05, 0) is 63.8 Å². The number of hydrogen-bond acceptors (Lipinski definition) is 7. The summed E-state index contributed by atoms with van der Waals surface area (Å²) in [5.41, 5.74) is 2.18. The monoisotopic (exact) mass is 448 g/mol. The number of hydrogen-bond donors (Lipinski definition) is 1. The van der Waals surface area contributed by atoms with Crippen LogP contribution in [0.3, 0.4) is 0 Å². The Balaban J connectivity index is 1.80. The molecule has 0 atom stereocenters. The molecule has 0 aliphatic heterocycles. The molecule has 1 aromatic carbocycles. The van der Waals surface area contributed by atoms with Crippen LogP contribution in [0.4, 0.5) is 5.69 Å². The highest BCUT2D eigenvalue weighted by Crippen LogP contribution is 2.29. The van der Waals surface area contributed by atoms with Crippen LogP contribution in [0.2, 0.25) is 0 Å². The van der Waals surface area contributed by atoms with E-state index in [1.54, 1.807) is 30.5 Å². The first-order valence-electron chi connectivity index (χ1n) is 9.29. The predicted molar refractivity (Wildman–Crippen MR) is 117 cm³/mol. The standard InChI is InChI=1S/C21H24N2O5S2/c1-13-19(14(2)28-22-13)15-6-8-16(9-7-15)30(25,26)23-17-10-11-29-20(17)18(24)12-27-21(3,4)5/h6-11,23H,12H2,1-5H3. The third kappa shape index (κ3) is 4.97. The number of nitrogens with zero attached hydrogens (tertiary/aromatic N) is 1. The van der Waals surface area contributed by atoms with E-state index in [0.717, 1.165) is 16.8 Å². The van der Waals surface area contributed by atoms with Gasteiger partial charge in [0.2, 0.25) is 5.78 Å². The number of ether oxygens (including phenoxy) is 1. The maximum atomic E-state index is 12.8. The first-order valence-corrected chi connectivity index (χ1v) is 11.6. The number of sulfonamides is 1. The summed E-state index contributed by atoms with van der Waals surface area (Å²) in [5, 5.41) is 5.59. The van der Waals surface area contributed by atoms with Crippen LogP contribution < -0.4 is 4.72 Å². The molecule has 0 unspecified atom stereocenters. The van der Waals surface area contributed by atoms with Gasteiger partial charge in [0.1, 0.15) is 12.4 Å². The zero-order valence-electron chi connectivity index (χ0n) is 17.5. The van der Waals surface area contributed by atoms with Crippen molar-refractivity contribution in [1.29, 1.82) is 0 Å². The largest absolute Gasteiger partial charge is 0.368 e. The molecule has 0 bridgehead atoms. The van der Waals surface area contributed by atoms with Gasteiger partial charge in [-0.2, -0.15) is 0 Å². The summed E-state index contributed by atoms with van der Waals surface area (Å²) in [6.07, 6.45) is 0. The average Bonchev–Trinajstić information content (AvgIpc) is 3.25. The van der Waals surface area contributed by atoms with Gasteiger partial charge in [0, 0.05) is 5.56 Å². The molecule has 3 aromatic rings. The molecule has 0 amide bonds. The Morgan fingerprint density at radius 1 is 1.17 bits per heavy atom. The maximum Gasteiger partial charge on any atom is 0.261 e. The van der Waals surface area contributed by atoms with Crippen LogP contribution in [-0.2, 0) is 14.8 Å². The fourth-order valence-electron chi connectivity index (χ4n) is 2.85. The van der Waals surface area contributed by atoms with E-state index in [9.17, 15) is 13.2 Å². The van der Waals surface area contributed by atoms with Crippen molar-refractivity contribution < 1.29 is 22.5 Å². The van der Waals surface area contributed by atoms with Crippen LogP contribution in [-0.4, -0.2) is 31.6 Å². The topological polar surface area (TPSA) is 98.5 Å². The first-order chi connectivity index (χ1) is 14.0. The number of nitrogens with one attached hydrogen (secondary N) is 1. The number of thiophene rings is 1. The first kappa shape index (κ1) is 22.2. The van der Waals surface area contributed by atoms with E-state index in [1.807, 2.05) is 27.7 Å². The highest BCUT2D eigenvalue weighted by atomic mass is 32.2. The molecule has 0 saturated heterocycles. The van der Waals surface area contributed by atoms with Gasteiger partial charge in [-0.3, -0.25) is 9.52 Å². The normalized spacial score (nSPS) is 12.2. The summed E-state index contributed by atoms with van der Waals surface area (Å²) in [6, 6.07) is 8.01. The number of carbonyl (C=O) groups excluding carboxylic acids is 1. The summed E-state index contributed by atoms with van der Waals surface area (Å²) in [5.74, 6) is 0.395. The average molecular weight is 449 g/mol. The molecule has 9 heteroatoms. The lowest BCUT2D eigenvalue weighted by Gasteiger charge is -2.18. The van der Waals surface area contributed by atoms with Crippen LogP contribution in [0.5, 0.6) is 0 Å². The zero-order valence-corrected chi connectivity index (χ0v) is 19.1. The summed E-state index contributed by atoms with van der Waals surface area (Å²) in [7, 11) is -3.86. The molecule has 160 valence electrons. The van der Waals surface area contributed by atoms with Gasteiger partial charge < -0.3 is 9.26 Å². The predicted octanol–water partition coefficient (Wildman–Crippen LogP) is 4.82. The van der Waals surface area contributed by atoms with Crippen LogP contribution in [0, 0.1) is 13.8 Å². The Morgan fingerprint density at radius 2 is 1.83 bits per heavy atom. The van der Waals surface area contributed by atoms with Crippen molar-refractivity contribution in [3.05, 3.63) is 52.0 Å². The molecule has 2 heterocycles. The maximum absolute atomic E-state index is 12.8. The second-order valence-corrected chi connectivity index (χ2v) is 10.4. The van der Waals surface area contributed by atoms with E-state index >= 15 is 0 Å². The Hall–Kier alpha value is -2.49. The molecule has 0 saturated carbocycles. The van der Waals surface area contributed by atoms with Crippen molar-refractivity contribution in [1.82, 2.24) is 5.16 Å². The van der Waals surface area contributed by atoms with Gasteiger partial charge in [-0.15, -0.1) is 11.3 Å². The van der Waals surface area contributed by atoms with E-state index in [4.69, 9.17) is 9.26 Å². The van der Waals surface area contributed by atoms with Crippen molar-refractivity contribution in [2.24, 2.45) is 0 Å². The molecule has 3 rings (SSSR count). The Bertz CT molecular complexity index is 1130. The van der Waals surface area contributed by atoms with Crippen molar-refractivity contribution in [2.45, 2.75) is 45.1 Å². The van der Waals surface area contributed by atoms with Gasteiger partial charge in [-0.25, -0.2) is 8.42 Å². The zero-order chi connectivity index (χ0) is 22.1. The van der Waals surface area contributed by atoms with Crippen LogP contribution in [0.1, 0.15) is 41.9 Å². The van der Waals surface area contributed by atoms with E-state index in [2.05, 4.69) is 9.88 Å². The summed E-state index contributed by atoms with van der Waals surface area (Å²) < 4.78 is 38.9. The quantitative estimate of drug-likeness (QED) is 0.521. The van der Waals surface area contributed by atoms with E-state index in [1.165, 1.54) is 23.5 Å². The van der Waals surface area contributed by atoms with Gasteiger partial charge >= 0.3 is 0 Å². The number of ketones is 1. The fourth-order valence-corrected chi connectivity index (χ4v) is 4.77. The van der Waals surface area contributed by atoms with Crippen molar-refractivity contribution in [3.63, 3.8) is 0 Å². The lowest BCUT2D eigenvalue weighted by atomic mass is 10.0. The third-order valence-electron chi connectivity index (χ3n) is 4.29. The second-order valence-electron chi connectivity index (χ2n) is 7.82. The van der Waals surface area contributed by atoms with Crippen molar-refractivity contribution in [2.75, 3.05) is 11.3 Å². The summed E-state index contributed by atoms with van der Waals surface area (Å²) in [4.78, 5) is 12.9. The summed E-state index contributed by atoms with van der Waals surface area (Å²) in [6.45, 7) is 9.07. The number of rotatable bonds is 7. The highest BCUT2D eigenvalue weighted by molar-refractivity contribution is 7.92. The fraction of sp³-hybridized carbons (Fsp3) is 0.333. The minimum absolute atomic E-state index is 0.0913. The second kappa shape index (κ2) is 8.33. The van der Waals surface area contributed by atoms with Crippen molar-refractivity contribution in [3.8, 4) is 11.1 Å². The van der Waals surface area contributed by atoms with Crippen LogP contribution in [0.25, 0.3) is 11.1 Å². The smallest absolute Gasteiger partial charge is 0.261 e. The van der Waals surface area contributed by atoms with E-state index in [0.29, 0.717) is 10.6 Å². The molecule has 1 N–H and O–H groups in total. The lowest BCUT2D eigenvalue weighted by Crippen LogP contribution is -2.24. The number of Topliss-reactive ketones (excluding diaryl/α,β-unsaturated/α-hetero) is 1. The van der Waals surface area contributed by atoms with Gasteiger partial charge in [0.15, 0.2) is 0 Å². The molecule has 0 fully saturated rings. The Kier molecular flexibility index (Phi) is 6.16. The molecular formula is C21H24N2O5S2. The Labute approximate surface area is 180 Å². The van der Waals surface area contributed by atoms with Gasteiger partial charge in [-0.1, -0.05) is 17.3 Å². The number of benzene rings is 1. The van der Waals surface area contributed by atoms with Crippen molar-refractivity contribution >= 4 is 32.8 Å². The number of aromatic nitrogens is 1. The molecule has 0 aliphatic rings. The van der Waals surface area contributed by atoms with E-state index < -0.39 is 15.6 Å². The minimum atomic E-state index is -3.86. The lowest BCUT2D eigenvalue weighted by molar-refractivity contribution is 0.00326. The van der Waals surface area contributed by atoms with Crippen LogP contribution >= 0.6 is 11.3 Å². The molecule has 0 aliphatic carbocycles. The SMILES string of the molecule is Cc1noc(C)c1-c1ccc(S(=O)(=O)Nc2ccsc2C(=O)COC(C)(C)C)cc1.